The van der Waals surface area contributed by atoms with Crippen molar-refractivity contribution in [3.05, 3.63) is 72.3 Å². The van der Waals surface area contributed by atoms with E-state index in [1.54, 1.807) is 54.6 Å². The van der Waals surface area contributed by atoms with Crippen LogP contribution in [0.3, 0.4) is 0 Å². The molecule has 1 heterocycles. The van der Waals surface area contributed by atoms with Crippen molar-refractivity contribution in [1.29, 1.82) is 0 Å². The SMILES string of the molecule is Nc1n[nH]c2c(F)c(-c3ccc(-c4ccccc4F)cc3)ccc12. The maximum Gasteiger partial charge on any atom is 0.156 e. The summed E-state index contributed by atoms with van der Waals surface area (Å²) in [5.74, 6) is -0.425. The normalized spacial score (nSPS) is 11.1. The fourth-order valence-electron chi connectivity index (χ4n) is 2.82. The maximum absolute atomic E-state index is 14.7. The molecule has 4 rings (SSSR count). The van der Waals surface area contributed by atoms with E-state index in [0.717, 1.165) is 5.56 Å². The second kappa shape index (κ2) is 5.45. The predicted molar refractivity (Wildman–Crippen MR) is 91.3 cm³/mol. The van der Waals surface area contributed by atoms with Gasteiger partial charge in [0.1, 0.15) is 11.3 Å². The van der Waals surface area contributed by atoms with E-state index >= 15 is 0 Å². The topological polar surface area (TPSA) is 54.7 Å². The third kappa shape index (κ3) is 2.22. The van der Waals surface area contributed by atoms with E-state index in [-0.39, 0.29) is 17.2 Å². The Labute approximate surface area is 136 Å². The van der Waals surface area contributed by atoms with Gasteiger partial charge in [0.25, 0.3) is 0 Å². The minimum Gasteiger partial charge on any atom is -0.382 e. The van der Waals surface area contributed by atoms with Gasteiger partial charge in [0.05, 0.1) is 0 Å². The lowest BCUT2D eigenvalue weighted by atomic mass is 9.99. The van der Waals surface area contributed by atoms with Gasteiger partial charge in [0.2, 0.25) is 0 Å². The van der Waals surface area contributed by atoms with Crippen LogP contribution in [0.2, 0.25) is 0 Å². The zero-order valence-electron chi connectivity index (χ0n) is 12.6. The Kier molecular flexibility index (Phi) is 3.27. The lowest BCUT2D eigenvalue weighted by molar-refractivity contribution is 0.631. The number of fused-ring (bicyclic) bond motifs is 1. The van der Waals surface area contributed by atoms with Crippen molar-refractivity contribution in [2.75, 3.05) is 5.73 Å². The number of rotatable bonds is 2. The van der Waals surface area contributed by atoms with Crippen molar-refractivity contribution in [1.82, 2.24) is 10.2 Å². The van der Waals surface area contributed by atoms with Crippen LogP contribution in [0.25, 0.3) is 33.2 Å². The van der Waals surface area contributed by atoms with Crippen LogP contribution in [0.1, 0.15) is 0 Å². The Morgan fingerprint density at radius 3 is 2.17 bits per heavy atom. The number of H-pyrrole nitrogens is 1. The third-order valence-corrected chi connectivity index (χ3v) is 4.09. The molecule has 0 saturated heterocycles. The van der Waals surface area contributed by atoms with Gasteiger partial charge < -0.3 is 5.73 Å². The van der Waals surface area contributed by atoms with E-state index in [4.69, 9.17) is 5.73 Å². The number of nitrogens with one attached hydrogen (secondary N) is 1. The van der Waals surface area contributed by atoms with Crippen molar-refractivity contribution in [3.8, 4) is 22.3 Å². The van der Waals surface area contributed by atoms with Crippen LogP contribution in [0, 0.1) is 11.6 Å². The van der Waals surface area contributed by atoms with Gasteiger partial charge in [-0.2, -0.15) is 5.10 Å². The first-order valence-corrected chi connectivity index (χ1v) is 7.42. The summed E-state index contributed by atoms with van der Waals surface area (Å²) in [6.07, 6.45) is 0. The molecule has 5 heteroatoms. The van der Waals surface area contributed by atoms with Crippen LogP contribution in [-0.2, 0) is 0 Å². The minimum absolute atomic E-state index is 0.269. The average Bonchev–Trinajstić information content (AvgIpc) is 2.98. The molecule has 3 nitrogen and oxygen atoms in total. The fraction of sp³-hybridized carbons (Fsp3) is 0. The molecule has 1 aromatic heterocycles. The molecule has 0 spiro atoms. The summed E-state index contributed by atoms with van der Waals surface area (Å²) < 4.78 is 28.5. The van der Waals surface area contributed by atoms with Crippen LogP contribution in [0.15, 0.2) is 60.7 Å². The van der Waals surface area contributed by atoms with Gasteiger partial charge in [0.15, 0.2) is 11.6 Å². The predicted octanol–water partition coefficient (Wildman–Crippen LogP) is 4.76. The number of hydrogen-bond donors (Lipinski definition) is 2. The van der Waals surface area contributed by atoms with E-state index < -0.39 is 5.82 Å². The molecule has 24 heavy (non-hydrogen) atoms. The fourth-order valence-corrected chi connectivity index (χ4v) is 2.82. The summed E-state index contributed by atoms with van der Waals surface area (Å²) >= 11 is 0. The summed E-state index contributed by atoms with van der Waals surface area (Å²) in [6.45, 7) is 0. The zero-order chi connectivity index (χ0) is 16.7. The van der Waals surface area contributed by atoms with Crippen molar-refractivity contribution in [2.45, 2.75) is 0 Å². The molecule has 3 N–H and O–H groups in total. The largest absolute Gasteiger partial charge is 0.382 e. The number of benzene rings is 3. The maximum atomic E-state index is 14.7. The lowest BCUT2D eigenvalue weighted by Gasteiger charge is -2.07. The Hall–Kier alpha value is -3.21. The lowest BCUT2D eigenvalue weighted by Crippen LogP contribution is -1.88. The van der Waals surface area contributed by atoms with Crippen LogP contribution in [0.5, 0.6) is 0 Å². The monoisotopic (exact) mass is 321 g/mol. The van der Waals surface area contributed by atoms with Crippen LogP contribution in [0.4, 0.5) is 14.6 Å². The van der Waals surface area contributed by atoms with Crippen molar-refractivity contribution >= 4 is 16.7 Å². The number of aromatic amines is 1. The molecule has 0 radical (unpaired) electrons. The first-order valence-electron chi connectivity index (χ1n) is 7.42. The van der Waals surface area contributed by atoms with E-state index in [1.807, 2.05) is 0 Å². The first-order chi connectivity index (χ1) is 11.6. The van der Waals surface area contributed by atoms with Gasteiger partial charge in [-0.15, -0.1) is 0 Å². The highest BCUT2D eigenvalue weighted by Crippen LogP contribution is 2.31. The highest BCUT2D eigenvalue weighted by atomic mass is 19.1. The molecular weight excluding hydrogens is 308 g/mol. The van der Waals surface area contributed by atoms with E-state index in [1.165, 1.54) is 6.07 Å². The number of nitrogen functional groups attached to an aromatic ring is 1. The summed E-state index contributed by atoms with van der Waals surface area (Å²) in [5.41, 5.74) is 8.36. The zero-order valence-corrected chi connectivity index (χ0v) is 12.6. The van der Waals surface area contributed by atoms with Crippen molar-refractivity contribution in [2.24, 2.45) is 0 Å². The Balaban J connectivity index is 1.78. The minimum atomic E-state index is -0.407. The van der Waals surface area contributed by atoms with Gasteiger partial charge in [-0.05, 0) is 23.3 Å². The molecule has 0 atom stereocenters. The number of anilines is 1. The van der Waals surface area contributed by atoms with Crippen LogP contribution in [-0.4, -0.2) is 10.2 Å². The van der Waals surface area contributed by atoms with E-state index in [9.17, 15) is 8.78 Å². The molecule has 4 aromatic rings. The molecule has 0 aliphatic heterocycles. The summed E-state index contributed by atoms with van der Waals surface area (Å²) in [6, 6.07) is 17.0. The molecule has 0 bridgehead atoms. The number of aromatic nitrogens is 2. The molecule has 118 valence electrons. The van der Waals surface area contributed by atoms with Crippen molar-refractivity contribution < 1.29 is 8.78 Å². The van der Waals surface area contributed by atoms with Gasteiger partial charge >= 0.3 is 0 Å². The van der Waals surface area contributed by atoms with Crippen molar-refractivity contribution in [3.63, 3.8) is 0 Å². The highest BCUT2D eigenvalue weighted by molar-refractivity contribution is 5.92. The summed E-state index contributed by atoms with van der Waals surface area (Å²) in [7, 11) is 0. The highest BCUT2D eigenvalue weighted by Gasteiger charge is 2.13. The van der Waals surface area contributed by atoms with Crippen LogP contribution < -0.4 is 5.73 Å². The second-order valence-electron chi connectivity index (χ2n) is 5.52. The molecule has 0 amide bonds. The van der Waals surface area contributed by atoms with E-state index in [0.29, 0.717) is 22.1 Å². The average molecular weight is 321 g/mol. The standard InChI is InChI=1S/C19H13F2N3/c20-16-4-2-1-3-13(16)11-5-7-12(8-6-11)14-9-10-15-18(17(14)21)23-24-19(15)22/h1-10H,(H3,22,23,24). The van der Waals surface area contributed by atoms with Gasteiger partial charge in [0, 0.05) is 16.5 Å². The molecule has 0 unspecified atom stereocenters. The smallest absolute Gasteiger partial charge is 0.156 e. The number of nitrogens with zero attached hydrogens (tertiary/aromatic N) is 1. The number of hydrogen-bond acceptors (Lipinski definition) is 2. The van der Waals surface area contributed by atoms with E-state index in [2.05, 4.69) is 10.2 Å². The second-order valence-corrected chi connectivity index (χ2v) is 5.52. The Bertz CT molecular complexity index is 1040. The molecule has 0 saturated carbocycles. The molecule has 3 aromatic carbocycles. The van der Waals surface area contributed by atoms with Gasteiger partial charge in [-0.25, -0.2) is 8.78 Å². The first kappa shape index (κ1) is 14.4. The van der Waals surface area contributed by atoms with Crippen LogP contribution >= 0.6 is 0 Å². The Morgan fingerprint density at radius 2 is 1.46 bits per heavy atom. The number of halogens is 2. The quantitative estimate of drug-likeness (QED) is 0.559. The van der Waals surface area contributed by atoms with Gasteiger partial charge in [-0.1, -0.05) is 48.5 Å². The third-order valence-electron chi connectivity index (χ3n) is 4.09. The summed E-state index contributed by atoms with van der Waals surface area (Å²) in [4.78, 5) is 0. The molecule has 0 fully saturated rings. The Morgan fingerprint density at radius 1 is 0.792 bits per heavy atom. The number of nitrogens with two attached hydrogens (primary N) is 1. The van der Waals surface area contributed by atoms with Gasteiger partial charge in [-0.3, -0.25) is 5.10 Å². The molecular formula is C19H13F2N3. The summed E-state index contributed by atoms with van der Waals surface area (Å²) in [5, 5.41) is 6.99. The molecule has 0 aliphatic rings. The molecule has 0 aliphatic carbocycles.